The van der Waals surface area contributed by atoms with Gasteiger partial charge in [0, 0.05) is 30.0 Å². The van der Waals surface area contributed by atoms with Gasteiger partial charge in [0.15, 0.2) is 5.82 Å². The fraction of sp³-hybridized carbons (Fsp3) is 0.529. The van der Waals surface area contributed by atoms with Gasteiger partial charge in [0.1, 0.15) is 17.6 Å². The molecule has 6 heteroatoms. The topological polar surface area (TPSA) is 69.4 Å². The van der Waals surface area contributed by atoms with E-state index in [0.717, 1.165) is 23.5 Å². The van der Waals surface area contributed by atoms with Gasteiger partial charge in [0.05, 0.1) is 6.61 Å². The lowest BCUT2D eigenvalue weighted by Crippen LogP contribution is -2.05. The third kappa shape index (κ3) is 3.41. The number of fused-ring (bicyclic) bond motifs is 1. The highest BCUT2D eigenvalue weighted by atomic mass is 16.5. The van der Waals surface area contributed by atoms with Crippen LogP contribution in [0, 0.1) is 0 Å². The van der Waals surface area contributed by atoms with E-state index in [1.807, 2.05) is 26.8 Å². The first-order chi connectivity index (χ1) is 11.1. The van der Waals surface area contributed by atoms with Gasteiger partial charge in [-0.1, -0.05) is 19.0 Å². The molecule has 124 valence electrons. The van der Waals surface area contributed by atoms with Crippen LogP contribution in [0.4, 0.5) is 6.01 Å². The molecule has 1 aromatic carbocycles. The molecular formula is C17H23N3O3. The number of nitrogens with zero attached hydrogens (tertiary/aromatic N) is 2. The minimum Gasteiger partial charge on any atom is -0.494 e. The van der Waals surface area contributed by atoms with Crippen LogP contribution in [0.15, 0.2) is 16.7 Å². The SMILES string of the molecule is CCOc1cc2c(cc1CNc1nc(C(C)C)no1)OC(C)C2. The van der Waals surface area contributed by atoms with Crippen molar-refractivity contribution in [2.24, 2.45) is 0 Å². The molecule has 0 saturated carbocycles. The number of benzene rings is 1. The molecule has 2 aromatic rings. The molecule has 1 aliphatic rings. The van der Waals surface area contributed by atoms with Gasteiger partial charge in [0.25, 0.3) is 0 Å². The Morgan fingerprint density at radius 1 is 1.39 bits per heavy atom. The van der Waals surface area contributed by atoms with Gasteiger partial charge in [-0.2, -0.15) is 4.98 Å². The standard InChI is InChI=1S/C17H23N3O3/c1-5-21-14-7-12-6-11(4)22-15(12)8-13(14)9-18-17-19-16(10(2)3)20-23-17/h7-8,10-11H,5-6,9H2,1-4H3,(H,18,19,20). The summed E-state index contributed by atoms with van der Waals surface area (Å²) in [5.41, 5.74) is 2.22. The first-order valence-corrected chi connectivity index (χ1v) is 8.09. The smallest absolute Gasteiger partial charge is 0.321 e. The van der Waals surface area contributed by atoms with Crippen LogP contribution in [0.25, 0.3) is 0 Å². The van der Waals surface area contributed by atoms with Crippen molar-refractivity contribution in [3.8, 4) is 11.5 Å². The Kier molecular flexibility index (Phi) is 4.41. The Balaban J connectivity index is 1.77. The first-order valence-electron chi connectivity index (χ1n) is 8.09. The summed E-state index contributed by atoms with van der Waals surface area (Å²) in [6.07, 6.45) is 1.14. The van der Waals surface area contributed by atoms with Crippen LogP contribution in [-0.2, 0) is 13.0 Å². The number of hydrogen-bond donors (Lipinski definition) is 1. The fourth-order valence-corrected chi connectivity index (χ4v) is 2.62. The predicted octanol–water partition coefficient (Wildman–Crippen LogP) is 3.53. The van der Waals surface area contributed by atoms with Gasteiger partial charge in [-0.3, -0.25) is 0 Å². The van der Waals surface area contributed by atoms with Gasteiger partial charge >= 0.3 is 6.01 Å². The third-order valence-corrected chi connectivity index (χ3v) is 3.77. The molecule has 3 rings (SSSR count). The zero-order chi connectivity index (χ0) is 16.4. The van der Waals surface area contributed by atoms with Gasteiger partial charge < -0.3 is 19.3 Å². The largest absolute Gasteiger partial charge is 0.494 e. The maximum absolute atomic E-state index is 5.83. The van der Waals surface area contributed by atoms with E-state index in [1.165, 1.54) is 5.56 Å². The highest BCUT2D eigenvalue weighted by Crippen LogP contribution is 2.35. The van der Waals surface area contributed by atoms with Crippen LogP contribution in [-0.4, -0.2) is 22.9 Å². The molecule has 23 heavy (non-hydrogen) atoms. The molecule has 1 N–H and O–H groups in total. The molecule has 0 radical (unpaired) electrons. The molecule has 1 atom stereocenters. The van der Waals surface area contributed by atoms with E-state index >= 15 is 0 Å². The lowest BCUT2D eigenvalue weighted by molar-refractivity contribution is 0.254. The number of rotatable bonds is 6. The molecule has 6 nitrogen and oxygen atoms in total. The monoisotopic (exact) mass is 317 g/mol. The Morgan fingerprint density at radius 2 is 2.22 bits per heavy atom. The van der Waals surface area contributed by atoms with Crippen molar-refractivity contribution in [3.63, 3.8) is 0 Å². The lowest BCUT2D eigenvalue weighted by Gasteiger charge is -2.12. The maximum atomic E-state index is 5.83. The van der Waals surface area contributed by atoms with Gasteiger partial charge in [0.2, 0.25) is 0 Å². The quantitative estimate of drug-likeness (QED) is 0.879. The second-order valence-corrected chi connectivity index (χ2v) is 6.10. The van der Waals surface area contributed by atoms with Gasteiger partial charge in [-0.05, 0) is 26.0 Å². The van der Waals surface area contributed by atoms with E-state index in [2.05, 4.69) is 28.4 Å². The van der Waals surface area contributed by atoms with Crippen LogP contribution in [0.1, 0.15) is 50.6 Å². The van der Waals surface area contributed by atoms with Crippen LogP contribution >= 0.6 is 0 Å². The van der Waals surface area contributed by atoms with E-state index in [9.17, 15) is 0 Å². The van der Waals surface area contributed by atoms with Gasteiger partial charge in [-0.15, -0.1) is 0 Å². The van der Waals surface area contributed by atoms with E-state index in [0.29, 0.717) is 25.0 Å². The maximum Gasteiger partial charge on any atom is 0.321 e. The molecule has 0 spiro atoms. The second-order valence-electron chi connectivity index (χ2n) is 6.10. The molecule has 1 aromatic heterocycles. The van der Waals surface area contributed by atoms with Crippen molar-refractivity contribution in [3.05, 3.63) is 29.1 Å². The predicted molar refractivity (Wildman–Crippen MR) is 87.1 cm³/mol. The second kappa shape index (κ2) is 6.48. The van der Waals surface area contributed by atoms with E-state index in [-0.39, 0.29) is 12.0 Å². The number of hydrogen-bond acceptors (Lipinski definition) is 6. The van der Waals surface area contributed by atoms with Crippen molar-refractivity contribution in [1.82, 2.24) is 10.1 Å². The van der Waals surface area contributed by atoms with Crippen molar-refractivity contribution < 1.29 is 14.0 Å². The molecule has 0 fully saturated rings. The summed E-state index contributed by atoms with van der Waals surface area (Å²) in [5.74, 6) is 2.75. The van der Waals surface area contributed by atoms with Crippen molar-refractivity contribution in [2.45, 2.75) is 52.7 Å². The summed E-state index contributed by atoms with van der Waals surface area (Å²) in [5, 5.41) is 7.11. The number of ether oxygens (including phenoxy) is 2. The van der Waals surface area contributed by atoms with Crippen molar-refractivity contribution >= 4 is 6.01 Å². The van der Waals surface area contributed by atoms with E-state index in [4.69, 9.17) is 14.0 Å². The zero-order valence-electron chi connectivity index (χ0n) is 14.0. The van der Waals surface area contributed by atoms with Crippen molar-refractivity contribution in [2.75, 3.05) is 11.9 Å². The summed E-state index contributed by atoms with van der Waals surface area (Å²) in [7, 11) is 0. The van der Waals surface area contributed by atoms with Gasteiger partial charge in [-0.25, -0.2) is 0 Å². The lowest BCUT2D eigenvalue weighted by atomic mass is 10.1. The van der Waals surface area contributed by atoms with Crippen LogP contribution in [0.2, 0.25) is 0 Å². The Morgan fingerprint density at radius 3 is 2.91 bits per heavy atom. The minimum atomic E-state index is 0.215. The Bertz CT molecular complexity index is 682. The molecular weight excluding hydrogens is 294 g/mol. The van der Waals surface area contributed by atoms with Crippen LogP contribution in [0.5, 0.6) is 11.5 Å². The third-order valence-electron chi connectivity index (χ3n) is 3.77. The average Bonchev–Trinajstić information content (AvgIpc) is 3.10. The fourth-order valence-electron chi connectivity index (χ4n) is 2.62. The highest BCUT2D eigenvalue weighted by Gasteiger charge is 2.22. The average molecular weight is 317 g/mol. The summed E-state index contributed by atoms with van der Waals surface area (Å²) in [6, 6.07) is 4.54. The molecule has 1 aliphatic heterocycles. The summed E-state index contributed by atoms with van der Waals surface area (Å²) in [6.45, 7) is 9.28. The summed E-state index contributed by atoms with van der Waals surface area (Å²) >= 11 is 0. The van der Waals surface area contributed by atoms with Crippen LogP contribution < -0.4 is 14.8 Å². The number of anilines is 1. The minimum absolute atomic E-state index is 0.215. The zero-order valence-corrected chi connectivity index (χ0v) is 14.0. The Hall–Kier alpha value is -2.24. The van der Waals surface area contributed by atoms with E-state index in [1.54, 1.807) is 0 Å². The van der Waals surface area contributed by atoms with E-state index < -0.39 is 0 Å². The summed E-state index contributed by atoms with van der Waals surface area (Å²) < 4.78 is 16.8. The molecule has 1 unspecified atom stereocenters. The molecule has 0 bridgehead atoms. The van der Waals surface area contributed by atoms with Crippen molar-refractivity contribution in [1.29, 1.82) is 0 Å². The molecule has 0 amide bonds. The normalized spacial score (nSPS) is 16.3. The molecule has 2 heterocycles. The summed E-state index contributed by atoms with van der Waals surface area (Å²) in [4.78, 5) is 4.32. The van der Waals surface area contributed by atoms with Crippen LogP contribution in [0.3, 0.4) is 0 Å². The number of aromatic nitrogens is 2. The Labute approximate surface area is 136 Å². The molecule has 0 aliphatic carbocycles. The first kappa shape index (κ1) is 15.6. The number of nitrogens with one attached hydrogen (secondary N) is 1. The highest BCUT2D eigenvalue weighted by molar-refractivity contribution is 5.49. The molecule has 0 saturated heterocycles.